The summed E-state index contributed by atoms with van der Waals surface area (Å²) in [6.45, 7) is 10.6. The van der Waals surface area contributed by atoms with Crippen LogP contribution in [0, 0.1) is 11.6 Å². The topological polar surface area (TPSA) is 0 Å². The molecule has 4 aromatic carbocycles. The number of hydrogen-bond acceptors (Lipinski definition) is 0. The standard InChI is InChI=1S/C32H32F2/c1-31(2,3)27-12-9-13-28(33)30(27)24-16-14-22(15-17-24)21-32(4,5)25-18-19-26(29(34)20-25)23-10-7-6-8-11-23/h6-20H,21H2,1-5H3. The van der Waals surface area contributed by atoms with E-state index in [1.54, 1.807) is 12.1 Å². The first-order valence-electron chi connectivity index (χ1n) is 11.8. The molecular formula is C32H32F2. The molecule has 0 radical (unpaired) electrons. The largest absolute Gasteiger partial charge is 0.206 e. The van der Waals surface area contributed by atoms with Gasteiger partial charge in [-0.3, -0.25) is 0 Å². The molecule has 2 heteroatoms. The van der Waals surface area contributed by atoms with Crippen LogP contribution in [0.2, 0.25) is 0 Å². The Morgan fingerprint density at radius 1 is 0.618 bits per heavy atom. The monoisotopic (exact) mass is 454 g/mol. The van der Waals surface area contributed by atoms with E-state index in [1.807, 2.05) is 60.7 Å². The van der Waals surface area contributed by atoms with Crippen molar-refractivity contribution in [2.24, 2.45) is 0 Å². The van der Waals surface area contributed by atoms with Gasteiger partial charge in [-0.05, 0) is 57.2 Å². The van der Waals surface area contributed by atoms with Gasteiger partial charge in [-0.2, -0.15) is 0 Å². The van der Waals surface area contributed by atoms with Crippen LogP contribution >= 0.6 is 0 Å². The third kappa shape index (κ3) is 4.97. The molecule has 0 spiro atoms. The van der Waals surface area contributed by atoms with Crippen molar-refractivity contribution in [2.75, 3.05) is 0 Å². The van der Waals surface area contributed by atoms with E-state index in [4.69, 9.17) is 0 Å². The summed E-state index contributed by atoms with van der Waals surface area (Å²) in [7, 11) is 0. The molecule has 0 heterocycles. The Morgan fingerprint density at radius 2 is 1.29 bits per heavy atom. The van der Waals surface area contributed by atoms with Gasteiger partial charge in [-0.1, -0.05) is 113 Å². The Labute approximate surface area is 202 Å². The summed E-state index contributed by atoms with van der Waals surface area (Å²) < 4.78 is 29.8. The molecule has 0 aromatic heterocycles. The van der Waals surface area contributed by atoms with Gasteiger partial charge in [0.05, 0.1) is 0 Å². The van der Waals surface area contributed by atoms with Crippen molar-refractivity contribution in [1.82, 2.24) is 0 Å². The lowest BCUT2D eigenvalue weighted by molar-refractivity contribution is 0.516. The highest BCUT2D eigenvalue weighted by Gasteiger charge is 2.24. The molecule has 0 N–H and O–H groups in total. The van der Waals surface area contributed by atoms with E-state index in [2.05, 4.69) is 46.8 Å². The molecule has 0 unspecified atom stereocenters. The lowest BCUT2D eigenvalue weighted by Crippen LogP contribution is -2.20. The molecule has 0 bridgehead atoms. The van der Waals surface area contributed by atoms with E-state index in [9.17, 15) is 8.78 Å². The maximum absolute atomic E-state index is 15.0. The van der Waals surface area contributed by atoms with Crippen LogP contribution in [0.1, 0.15) is 51.3 Å². The zero-order valence-electron chi connectivity index (χ0n) is 20.6. The van der Waals surface area contributed by atoms with E-state index in [-0.39, 0.29) is 22.5 Å². The first-order valence-corrected chi connectivity index (χ1v) is 11.8. The van der Waals surface area contributed by atoms with Gasteiger partial charge in [-0.15, -0.1) is 0 Å². The van der Waals surface area contributed by atoms with E-state index in [0.717, 1.165) is 34.2 Å². The number of halogens is 2. The molecule has 0 saturated carbocycles. The van der Waals surface area contributed by atoms with E-state index in [0.29, 0.717) is 11.1 Å². The van der Waals surface area contributed by atoms with Gasteiger partial charge < -0.3 is 0 Å². The van der Waals surface area contributed by atoms with Crippen molar-refractivity contribution in [3.05, 3.63) is 119 Å². The Balaban J connectivity index is 1.59. The van der Waals surface area contributed by atoms with Crippen molar-refractivity contribution in [3.63, 3.8) is 0 Å². The third-order valence-electron chi connectivity index (χ3n) is 6.55. The van der Waals surface area contributed by atoms with Crippen LogP contribution in [0.15, 0.2) is 91.0 Å². The molecule has 0 nitrogen and oxygen atoms in total. The molecule has 0 aliphatic rings. The molecule has 0 aliphatic carbocycles. The van der Waals surface area contributed by atoms with Gasteiger partial charge in [-0.25, -0.2) is 8.78 Å². The normalized spacial score (nSPS) is 12.1. The molecule has 34 heavy (non-hydrogen) atoms. The van der Waals surface area contributed by atoms with Crippen LogP contribution in [0.4, 0.5) is 8.78 Å². The fourth-order valence-electron chi connectivity index (χ4n) is 4.63. The maximum Gasteiger partial charge on any atom is 0.131 e. The Morgan fingerprint density at radius 3 is 1.91 bits per heavy atom. The second-order valence-corrected chi connectivity index (χ2v) is 10.7. The van der Waals surface area contributed by atoms with Gasteiger partial charge in [0.1, 0.15) is 11.6 Å². The van der Waals surface area contributed by atoms with Crippen LogP contribution < -0.4 is 0 Å². The fraction of sp³-hybridized carbons (Fsp3) is 0.250. The molecule has 0 saturated heterocycles. The second-order valence-electron chi connectivity index (χ2n) is 10.7. The highest BCUT2D eigenvalue weighted by molar-refractivity contribution is 5.70. The fourth-order valence-corrected chi connectivity index (χ4v) is 4.63. The first-order chi connectivity index (χ1) is 16.1. The zero-order chi connectivity index (χ0) is 24.5. The van der Waals surface area contributed by atoms with Gasteiger partial charge in [0.25, 0.3) is 0 Å². The smallest absolute Gasteiger partial charge is 0.131 e. The Bertz CT molecular complexity index is 1280. The summed E-state index contributed by atoms with van der Waals surface area (Å²) in [5.74, 6) is -0.407. The number of hydrogen-bond donors (Lipinski definition) is 0. The molecule has 174 valence electrons. The SMILES string of the molecule is CC(C)(C)c1cccc(F)c1-c1ccc(CC(C)(C)c2ccc(-c3ccccc3)c(F)c2)cc1. The summed E-state index contributed by atoms with van der Waals surface area (Å²) in [6, 6.07) is 28.6. The second kappa shape index (κ2) is 9.18. The number of rotatable bonds is 5. The summed E-state index contributed by atoms with van der Waals surface area (Å²) in [6.07, 6.45) is 0.751. The lowest BCUT2D eigenvalue weighted by atomic mass is 9.78. The zero-order valence-corrected chi connectivity index (χ0v) is 20.6. The lowest BCUT2D eigenvalue weighted by Gasteiger charge is -2.26. The molecule has 0 aliphatic heterocycles. The van der Waals surface area contributed by atoms with Crippen molar-refractivity contribution in [3.8, 4) is 22.3 Å². The van der Waals surface area contributed by atoms with Crippen molar-refractivity contribution >= 4 is 0 Å². The minimum atomic E-state index is -0.258. The van der Waals surface area contributed by atoms with Crippen LogP contribution in [-0.2, 0) is 17.3 Å². The first kappa shape index (κ1) is 23.9. The van der Waals surface area contributed by atoms with Crippen LogP contribution in [0.3, 0.4) is 0 Å². The maximum atomic E-state index is 15.0. The highest BCUT2D eigenvalue weighted by Crippen LogP contribution is 2.36. The van der Waals surface area contributed by atoms with Crippen LogP contribution in [0.5, 0.6) is 0 Å². The van der Waals surface area contributed by atoms with Gasteiger partial charge in [0.2, 0.25) is 0 Å². The van der Waals surface area contributed by atoms with E-state index >= 15 is 0 Å². The van der Waals surface area contributed by atoms with Crippen molar-refractivity contribution in [1.29, 1.82) is 0 Å². The van der Waals surface area contributed by atoms with E-state index < -0.39 is 0 Å². The predicted octanol–water partition coefficient (Wildman–Crippen LogP) is 9.12. The van der Waals surface area contributed by atoms with Crippen LogP contribution in [-0.4, -0.2) is 0 Å². The molecule has 0 fully saturated rings. The number of benzene rings is 4. The van der Waals surface area contributed by atoms with Crippen LogP contribution in [0.25, 0.3) is 22.3 Å². The average Bonchev–Trinajstić information content (AvgIpc) is 2.79. The van der Waals surface area contributed by atoms with Gasteiger partial charge in [0.15, 0.2) is 0 Å². The van der Waals surface area contributed by atoms with E-state index in [1.165, 1.54) is 6.07 Å². The summed E-state index contributed by atoms with van der Waals surface area (Å²) in [5, 5.41) is 0. The third-order valence-corrected chi connectivity index (χ3v) is 6.55. The Hall–Kier alpha value is -3.26. The molecule has 4 rings (SSSR count). The van der Waals surface area contributed by atoms with Gasteiger partial charge in [0, 0.05) is 11.1 Å². The van der Waals surface area contributed by atoms with Gasteiger partial charge >= 0.3 is 0 Å². The molecule has 4 aromatic rings. The van der Waals surface area contributed by atoms with Crippen molar-refractivity contribution in [2.45, 2.75) is 51.9 Å². The Kier molecular flexibility index (Phi) is 6.45. The highest BCUT2D eigenvalue weighted by atomic mass is 19.1. The minimum absolute atomic E-state index is 0.159. The van der Waals surface area contributed by atoms with Crippen molar-refractivity contribution < 1.29 is 8.78 Å². The summed E-state index contributed by atoms with van der Waals surface area (Å²) in [5.41, 5.74) is 5.71. The predicted molar refractivity (Wildman–Crippen MR) is 139 cm³/mol. The molecule has 0 atom stereocenters. The average molecular weight is 455 g/mol. The summed E-state index contributed by atoms with van der Waals surface area (Å²) >= 11 is 0. The minimum Gasteiger partial charge on any atom is -0.206 e. The molecule has 0 amide bonds. The quantitative estimate of drug-likeness (QED) is 0.282. The molecular weight excluding hydrogens is 422 g/mol. The summed E-state index contributed by atoms with van der Waals surface area (Å²) in [4.78, 5) is 0.